The van der Waals surface area contributed by atoms with E-state index in [0.29, 0.717) is 13.1 Å². The highest BCUT2D eigenvalue weighted by Crippen LogP contribution is 2.20. The summed E-state index contributed by atoms with van der Waals surface area (Å²) < 4.78 is 0. The van der Waals surface area contributed by atoms with Gasteiger partial charge in [-0.05, 0) is 19.1 Å². The van der Waals surface area contributed by atoms with Gasteiger partial charge in [-0.3, -0.25) is 19.8 Å². The van der Waals surface area contributed by atoms with Gasteiger partial charge in [0.25, 0.3) is 5.69 Å². The smallest absolute Gasteiger partial charge is 0.269 e. The molecule has 1 aromatic carbocycles. The lowest BCUT2D eigenvalue weighted by atomic mass is 10.2. The summed E-state index contributed by atoms with van der Waals surface area (Å²) in [6.45, 7) is 6.25. The predicted octanol–water partition coefficient (Wildman–Crippen LogP) is 0.853. The first-order chi connectivity index (χ1) is 10.1. The molecule has 1 aromatic rings. The van der Waals surface area contributed by atoms with Crippen LogP contribution in [-0.2, 0) is 4.79 Å². The maximum Gasteiger partial charge on any atom is 0.269 e. The van der Waals surface area contributed by atoms with Gasteiger partial charge in [0.05, 0.1) is 11.5 Å². The summed E-state index contributed by atoms with van der Waals surface area (Å²) in [7, 11) is 0. The fourth-order valence-electron chi connectivity index (χ4n) is 2.41. The highest BCUT2D eigenvalue weighted by atomic mass is 16.6. The van der Waals surface area contributed by atoms with Crippen molar-refractivity contribution >= 4 is 17.3 Å². The van der Waals surface area contributed by atoms with Crippen LogP contribution >= 0.6 is 0 Å². The second-order valence-corrected chi connectivity index (χ2v) is 4.99. The Kier molecular flexibility index (Phi) is 5.10. The molecule has 0 spiro atoms. The van der Waals surface area contributed by atoms with Crippen LogP contribution in [0.25, 0.3) is 0 Å². The minimum atomic E-state index is -0.395. The van der Waals surface area contributed by atoms with E-state index in [1.165, 1.54) is 12.1 Å². The van der Waals surface area contributed by atoms with Crippen molar-refractivity contribution in [2.45, 2.75) is 6.92 Å². The van der Waals surface area contributed by atoms with E-state index in [2.05, 4.69) is 15.1 Å². The number of nitrogens with one attached hydrogen (secondary N) is 1. The van der Waals surface area contributed by atoms with Crippen LogP contribution in [0.5, 0.6) is 0 Å². The molecular weight excluding hydrogens is 272 g/mol. The van der Waals surface area contributed by atoms with Crippen molar-refractivity contribution in [1.29, 1.82) is 0 Å². The molecule has 1 fully saturated rings. The monoisotopic (exact) mass is 292 g/mol. The number of hydrogen-bond donors (Lipinski definition) is 1. The summed E-state index contributed by atoms with van der Waals surface area (Å²) in [5.41, 5.74) is 1.09. The zero-order valence-corrected chi connectivity index (χ0v) is 12.1. The lowest BCUT2D eigenvalue weighted by Gasteiger charge is -2.35. The molecule has 0 bridgehead atoms. The lowest BCUT2D eigenvalue weighted by Crippen LogP contribution is -2.49. The number of nitro groups is 1. The minimum absolute atomic E-state index is 0.0567. The quantitative estimate of drug-likeness (QED) is 0.643. The summed E-state index contributed by atoms with van der Waals surface area (Å²) in [5, 5.41) is 13.4. The SMILES string of the molecule is CCNC(=O)CN1CCN(c2ccc([N+](=O)[O-])cc2)CC1. The first-order valence-corrected chi connectivity index (χ1v) is 7.08. The standard InChI is InChI=1S/C14H20N4O3/c1-2-15-14(19)11-16-7-9-17(10-8-16)12-3-5-13(6-4-12)18(20)21/h3-6H,2,7-11H2,1H3,(H,15,19). The highest BCUT2D eigenvalue weighted by Gasteiger charge is 2.19. The van der Waals surface area contributed by atoms with Crippen molar-refractivity contribution in [3.63, 3.8) is 0 Å². The van der Waals surface area contributed by atoms with Crippen molar-refractivity contribution in [2.24, 2.45) is 0 Å². The van der Waals surface area contributed by atoms with Crippen molar-refractivity contribution in [1.82, 2.24) is 10.2 Å². The molecule has 2 rings (SSSR count). The van der Waals surface area contributed by atoms with Gasteiger partial charge in [0.15, 0.2) is 0 Å². The van der Waals surface area contributed by atoms with Gasteiger partial charge in [0.2, 0.25) is 5.91 Å². The molecule has 1 aliphatic rings. The van der Waals surface area contributed by atoms with Gasteiger partial charge >= 0.3 is 0 Å². The van der Waals surface area contributed by atoms with Crippen LogP contribution in [0.15, 0.2) is 24.3 Å². The van der Waals surface area contributed by atoms with Crippen LogP contribution in [0.1, 0.15) is 6.92 Å². The number of piperazine rings is 1. The third-order valence-corrected chi connectivity index (χ3v) is 3.54. The Hall–Kier alpha value is -2.15. The molecule has 1 saturated heterocycles. The molecular formula is C14H20N4O3. The molecule has 0 aliphatic carbocycles. The maximum absolute atomic E-state index is 11.5. The molecule has 1 amide bonds. The second-order valence-electron chi connectivity index (χ2n) is 4.99. The van der Waals surface area contributed by atoms with Crippen LogP contribution in [0.4, 0.5) is 11.4 Å². The maximum atomic E-state index is 11.5. The Balaban J connectivity index is 1.86. The van der Waals surface area contributed by atoms with E-state index in [0.717, 1.165) is 31.9 Å². The van der Waals surface area contributed by atoms with Gasteiger partial charge in [-0.15, -0.1) is 0 Å². The lowest BCUT2D eigenvalue weighted by molar-refractivity contribution is -0.384. The zero-order chi connectivity index (χ0) is 15.2. The first kappa shape index (κ1) is 15.2. The number of amides is 1. The first-order valence-electron chi connectivity index (χ1n) is 7.08. The number of nitrogens with zero attached hydrogens (tertiary/aromatic N) is 3. The van der Waals surface area contributed by atoms with Crippen molar-refractivity contribution in [2.75, 3.05) is 44.2 Å². The van der Waals surface area contributed by atoms with Crippen LogP contribution in [0, 0.1) is 10.1 Å². The Morgan fingerprint density at radius 3 is 2.38 bits per heavy atom. The molecule has 0 unspecified atom stereocenters. The Labute approximate surface area is 123 Å². The summed E-state index contributed by atoms with van der Waals surface area (Å²) in [5.74, 6) is 0.0567. The molecule has 1 aliphatic heterocycles. The van der Waals surface area contributed by atoms with E-state index in [9.17, 15) is 14.9 Å². The number of likely N-dealkylation sites (N-methyl/N-ethyl adjacent to an activating group) is 1. The van der Waals surface area contributed by atoms with Gasteiger partial charge in [0, 0.05) is 50.5 Å². The summed E-state index contributed by atoms with van der Waals surface area (Å²) >= 11 is 0. The number of nitro benzene ring substituents is 1. The number of carbonyl (C=O) groups excluding carboxylic acids is 1. The number of hydrogen-bond acceptors (Lipinski definition) is 5. The molecule has 0 radical (unpaired) electrons. The molecule has 0 atom stereocenters. The van der Waals surface area contributed by atoms with Gasteiger partial charge in [0.1, 0.15) is 0 Å². The highest BCUT2D eigenvalue weighted by molar-refractivity contribution is 5.77. The third-order valence-electron chi connectivity index (χ3n) is 3.54. The fraction of sp³-hybridized carbons (Fsp3) is 0.500. The number of carbonyl (C=O) groups is 1. The Morgan fingerprint density at radius 2 is 1.86 bits per heavy atom. The van der Waals surface area contributed by atoms with Crippen molar-refractivity contribution < 1.29 is 9.72 Å². The topological polar surface area (TPSA) is 78.7 Å². The van der Waals surface area contributed by atoms with E-state index in [1.54, 1.807) is 12.1 Å². The predicted molar refractivity (Wildman–Crippen MR) is 80.4 cm³/mol. The summed E-state index contributed by atoms with van der Waals surface area (Å²) in [6.07, 6.45) is 0. The zero-order valence-electron chi connectivity index (χ0n) is 12.1. The van der Waals surface area contributed by atoms with Crippen LogP contribution in [0.2, 0.25) is 0 Å². The molecule has 1 heterocycles. The van der Waals surface area contributed by atoms with Crippen LogP contribution < -0.4 is 10.2 Å². The van der Waals surface area contributed by atoms with Crippen molar-refractivity contribution in [3.05, 3.63) is 34.4 Å². The largest absolute Gasteiger partial charge is 0.369 e. The van der Waals surface area contributed by atoms with E-state index >= 15 is 0 Å². The van der Waals surface area contributed by atoms with Crippen LogP contribution in [-0.4, -0.2) is 55.0 Å². The number of rotatable bonds is 5. The molecule has 7 nitrogen and oxygen atoms in total. The number of non-ortho nitro benzene ring substituents is 1. The van der Waals surface area contributed by atoms with E-state index in [4.69, 9.17) is 0 Å². The molecule has 114 valence electrons. The molecule has 7 heteroatoms. The number of anilines is 1. The normalized spacial score (nSPS) is 15.8. The Bertz CT molecular complexity index is 495. The van der Waals surface area contributed by atoms with E-state index in [-0.39, 0.29) is 11.6 Å². The Morgan fingerprint density at radius 1 is 1.24 bits per heavy atom. The average Bonchev–Trinajstić information content (AvgIpc) is 2.48. The second kappa shape index (κ2) is 7.03. The molecule has 0 aromatic heterocycles. The molecule has 0 saturated carbocycles. The summed E-state index contributed by atoms with van der Waals surface area (Å²) in [4.78, 5) is 26.1. The molecule has 21 heavy (non-hydrogen) atoms. The van der Waals surface area contributed by atoms with Gasteiger partial charge in [-0.2, -0.15) is 0 Å². The summed E-state index contributed by atoms with van der Waals surface area (Å²) in [6, 6.07) is 6.60. The van der Waals surface area contributed by atoms with Gasteiger partial charge in [-0.25, -0.2) is 0 Å². The van der Waals surface area contributed by atoms with Gasteiger partial charge < -0.3 is 10.2 Å². The molecule has 1 N–H and O–H groups in total. The van der Waals surface area contributed by atoms with Gasteiger partial charge in [-0.1, -0.05) is 0 Å². The van der Waals surface area contributed by atoms with Crippen molar-refractivity contribution in [3.8, 4) is 0 Å². The van der Waals surface area contributed by atoms with Crippen LogP contribution in [0.3, 0.4) is 0 Å². The third kappa shape index (κ3) is 4.16. The average molecular weight is 292 g/mol. The van der Waals surface area contributed by atoms with E-state index in [1.807, 2.05) is 6.92 Å². The fourth-order valence-corrected chi connectivity index (χ4v) is 2.41. The minimum Gasteiger partial charge on any atom is -0.369 e. The van der Waals surface area contributed by atoms with E-state index < -0.39 is 4.92 Å². The number of benzene rings is 1.